The molecule has 11 heteroatoms. The van der Waals surface area contributed by atoms with Crippen molar-refractivity contribution >= 4 is 17.5 Å². The number of likely N-dealkylation sites (tertiary alicyclic amines) is 1. The zero-order valence-corrected chi connectivity index (χ0v) is 18.0. The first-order valence-corrected chi connectivity index (χ1v) is 10.5. The molecule has 2 aromatic carbocycles. The van der Waals surface area contributed by atoms with Gasteiger partial charge in [0.2, 0.25) is 0 Å². The van der Waals surface area contributed by atoms with E-state index in [0.29, 0.717) is 18.5 Å². The molecule has 0 unspecified atom stereocenters. The molecule has 178 valence electrons. The molecule has 0 aromatic heterocycles. The maximum atomic E-state index is 13.8. The lowest BCUT2D eigenvalue weighted by Gasteiger charge is -2.42. The highest BCUT2D eigenvalue weighted by Gasteiger charge is 2.51. The maximum Gasteiger partial charge on any atom is 0.522 e. The normalized spacial score (nSPS) is 22.8. The van der Waals surface area contributed by atoms with E-state index in [1.807, 2.05) is 0 Å². The highest BCUT2D eigenvalue weighted by molar-refractivity contribution is 6.32. The van der Waals surface area contributed by atoms with Crippen LogP contribution in [0.15, 0.2) is 42.5 Å². The van der Waals surface area contributed by atoms with Gasteiger partial charge in [-0.3, -0.25) is 9.53 Å². The fraction of sp³-hybridized carbons (Fsp3) is 0.409. The van der Waals surface area contributed by atoms with Crippen molar-refractivity contribution < 1.29 is 41.3 Å². The molecule has 6 nitrogen and oxygen atoms in total. The Kier molecular flexibility index (Phi) is 6.81. The monoisotopic (exact) mass is 489 g/mol. The Bertz CT molecular complexity index is 1020. The highest BCUT2D eigenvalue weighted by Crippen LogP contribution is 2.43. The lowest BCUT2D eigenvalue weighted by molar-refractivity contribution is -0.325. The molecule has 33 heavy (non-hydrogen) atoms. The minimum atomic E-state index is -4.74. The van der Waals surface area contributed by atoms with Crippen LogP contribution >= 0.6 is 11.6 Å². The molecule has 4 rings (SSSR count). The summed E-state index contributed by atoms with van der Waals surface area (Å²) in [5, 5.41) is 0.0828. The van der Waals surface area contributed by atoms with Crippen LogP contribution in [0, 0.1) is 5.82 Å². The Labute approximate surface area is 191 Å². The zero-order chi connectivity index (χ0) is 23.6. The van der Waals surface area contributed by atoms with Crippen molar-refractivity contribution in [3.05, 3.63) is 64.4 Å². The van der Waals surface area contributed by atoms with Crippen LogP contribution in [0.1, 0.15) is 22.3 Å². The second-order valence-electron chi connectivity index (χ2n) is 7.61. The molecular formula is C22H20ClF4NO5. The van der Waals surface area contributed by atoms with Crippen LogP contribution in [0.25, 0.3) is 0 Å². The maximum absolute atomic E-state index is 13.8. The van der Waals surface area contributed by atoms with Crippen molar-refractivity contribution in [2.24, 2.45) is 0 Å². The summed E-state index contributed by atoms with van der Waals surface area (Å²) in [6, 6.07) is 10.4. The lowest BCUT2D eigenvalue weighted by atomic mass is 9.82. The number of benzene rings is 2. The van der Waals surface area contributed by atoms with Crippen LogP contribution < -0.4 is 4.74 Å². The van der Waals surface area contributed by atoms with E-state index in [9.17, 15) is 22.4 Å². The van der Waals surface area contributed by atoms with Gasteiger partial charge in [-0.05, 0) is 35.9 Å². The van der Waals surface area contributed by atoms with Gasteiger partial charge in [0.15, 0.2) is 0 Å². The molecule has 0 saturated carbocycles. The van der Waals surface area contributed by atoms with Gasteiger partial charge < -0.3 is 19.1 Å². The molecule has 0 radical (unpaired) electrons. The zero-order valence-electron chi connectivity index (χ0n) is 17.2. The van der Waals surface area contributed by atoms with Crippen molar-refractivity contribution in [3.63, 3.8) is 0 Å². The molecule has 0 bridgehead atoms. The van der Waals surface area contributed by atoms with E-state index in [4.69, 9.17) is 25.8 Å². The van der Waals surface area contributed by atoms with Crippen molar-refractivity contribution in [2.45, 2.75) is 24.5 Å². The summed E-state index contributed by atoms with van der Waals surface area (Å²) in [7, 11) is 0. The van der Waals surface area contributed by atoms with E-state index in [2.05, 4.69) is 4.74 Å². The quantitative estimate of drug-likeness (QED) is 0.441. The standard InChI is InChI=1S/C22H20ClF4NO5/c23-17-10-14(4-5-18(17)30-8-9-32-22(25,26)27)20(29)28-7-6-21(19(12-28)31-13-33-21)15-2-1-3-16(24)11-15/h1-5,10-11,19H,6-9,12-13H2/t19-,21-/m0/s1. The van der Waals surface area contributed by atoms with Gasteiger partial charge in [-0.25, -0.2) is 4.39 Å². The third kappa shape index (κ3) is 5.24. The molecule has 1 amide bonds. The van der Waals surface area contributed by atoms with Crippen LogP contribution in [0.4, 0.5) is 17.6 Å². The van der Waals surface area contributed by atoms with Crippen molar-refractivity contribution in [2.75, 3.05) is 33.1 Å². The summed E-state index contributed by atoms with van der Waals surface area (Å²) < 4.78 is 70.3. The Morgan fingerprint density at radius 2 is 2.03 bits per heavy atom. The first kappa shape index (κ1) is 23.7. The van der Waals surface area contributed by atoms with Crippen molar-refractivity contribution in [1.82, 2.24) is 4.90 Å². The topological polar surface area (TPSA) is 57.2 Å². The fourth-order valence-electron chi connectivity index (χ4n) is 4.07. The summed E-state index contributed by atoms with van der Waals surface area (Å²) in [6.07, 6.45) is -4.79. The summed E-state index contributed by atoms with van der Waals surface area (Å²) >= 11 is 6.15. The molecule has 0 spiro atoms. The second kappa shape index (κ2) is 9.46. The van der Waals surface area contributed by atoms with Gasteiger partial charge in [0.25, 0.3) is 5.91 Å². The first-order chi connectivity index (χ1) is 15.7. The second-order valence-corrected chi connectivity index (χ2v) is 8.01. The molecule has 2 atom stereocenters. The molecule has 2 heterocycles. The predicted molar refractivity (Wildman–Crippen MR) is 108 cm³/mol. The van der Waals surface area contributed by atoms with Gasteiger partial charge in [0.1, 0.15) is 36.7 Å². The first-order valence-electron chi connectivity index (χ1n) is 10.1. The van der Waals surface area contributed by atoms with E-state index >= 15 is 0 Å². The number of amides is 1. The number of carbonyl (C=O) groups excluding carboxylic acids is 1. The molecule has 0 N–H and O–H groups in total. The van der Waals surface area contributed by atoms with E-state index in [1.165, 1.54) is 30.3 Å². The van der Waals surface area contributed by atoms with Gasteiger partial charge in [-0.2, -0.15) is 0 Å². The van der Waals surface area contributed by atoms with E-state index < -0.39 is 24.7 Å². The van der Waals surface area contributed by atoms with E-state index in [1.54, 1.807) is 17.0 Å². The van der Waals surface area contributed by atoms with Crippen LogP contribution in [0.3, 0.4) is 0 Å². The fourth-order valence-corrected chi connectivity index (χ4v) is 4.30. The Balaban J connectivity index is 1.40. The third-order valence-electron chi connectivity index (χ3n) is 5.63. The van der Waals surface area contributed by atoms with Gasteiger partial charge in [0.05, 0.1) is 18.2 Å². The summed E-state index contributed by atoms with van der Waals surface area (Å²) in [5.41, 5.74) is 0.124. The van der Waals surface area contributed by atoms with Gasteiger partial charge in [-0.15, -0.1) is 13.2 Å². The smallest absolute Gasteiger partial charge is 0.490 e. The molecule has 2 aromatic rings. The summed E-state index contributed by atoms with van der Waals surface area (Å²) in [4.78, 5) is 14.6. The molecule has 2 fully saturated rings. The highest BCUT2D eigenvalue weighted by atomic mass is 35.5. The lowest BCUT2D eigenvalue weighted by Crippen LogP contribution is -2.53. The van der Waals surface area contributed by atoms with Gasteiger partial charge >= 0.3 is 6.36 Å². The van der Waals surface area contributed by atoms with E-state index in [-0.39, 0.29) is 48.0 Å². The number of hydrogen-bond acceptors (Lipinski definition) is 5. The molecule has 2 aliphatic rings. The van der Waals surface area contributed by atoms with Gasteiger partial charge in [0, 0.05) is 18.5 Å². The number of ether oxygens (including phenoxy) is 4. The van der Waals surface area contributed by atoms with Crippen molar-refractivity contribution in [1.29, 1.82) is 0 Å². The van der Waals surface area contributed by atoms with Gasteiger partial charge in [-0.1, -0.05) is 23.7 Å². The Morgan fingerprint density at radius 1 is 1.21 bits per heavy atom. The Hall–Kier alpha value is -2.40. The number of nitrogens with zero attached hydrogens (tertiary/aromatic N) is 1. The average Bonchev–Trinajstić information content (AvgIpc) is 3.21. The number of piperidine rings is 1. The number of halogens is 5. The molecule has 2 saturated heterocycles. The minimum Gasteiger partial charge on any atom is -0.490 e. The number of alkyl halides is 3. The predicted octanol–water partition coefficient (Wildman–Crippen LogP) is 4.51. The summed E-state index contributed by atoms with van der Waals surface area (Å²) in [6.45, 7) is -0.427. The average molecular weight is 490 g/mol. The number of hydrogen-bond donors (Lipinski definition) is 0. The molecule has 2 aliphatic heterocycles. The number of carbonyl (C=O) groups is 1. The third-order valence-corrected chi connectivity index (χ3v) is 5.93. The Morgan fingerprint density at radius 3 is 2.76 bits per heavy atom. The van der Waals surface area contributed by atoms with Crippen LogP contribution in [0.5, 0.6) is 5.75 Å². The summed E-state index contributed by atoms with van der Waals surface area (Å²) in [5.74, 6) is -0.543. The van der Waals surface area contributed by atoms with E-state index in [0.717, 1.165) is 0 Å². The SMILES string of the molecule is O=C(c1ccc(OCCOC(F)(F)F)c(Cl)c1)N1CC[C@@]2(c3cccc(F)c3)OCO[C@H]2C1. The molecule has 0 aliphatic carbocycles. The number of rotatable bonds is 6. The minimum absolute atomic E-state index is 0.0408. The van der Waals surface area contributed by atoms with Crippen LogP contribution in [0.2, 0.25) is 5.02 Å². The van der Waals surface area contributed by atoms with Crippen LogP contribution in [-0.4, -0.2) is 56.4 Å². The van der Waals surface area contributed by atoms with Crippen LogP contribution in [-0.2, 0) is 19.8 Å². The largest absolute Gasteiger partial charge is 0.522 e. The van der Waals surface area contributed by atoms with Crippen molar-refractivity contribution in [3.8, 4) is 5.75 Å². The molecular weight excluding hydrogens is 470 g/mol. The number of fused-ring (bicyclic) bond motifs is 1.